The van der Waals surface area contributed by atoms with Crippen molar-refractivity contribution in [2.24, 2.45) is 0 Å². The first-order valence-corrected chi connectivity index (χ1v) is 8.86. The lowest BCUT2D eigenvalue weighted by Crippen LogP contribution is -2.42. The fourth-order valence-corrected chi connectivity index (χ4v) is 3.55. The SMILES string of the molecule is CCn1cc(C)c(C(=O)O)c1CC(=O)NCCN1CCCCC1C. The number of aromatic nitrogens is 1. The Kier molecular flexibility index (Phi) is 6.43. The number of carboxylic acid groups (broad SMARTS) is 1. The van der Waals surface area contributed by atoms with E-state index in [1.54, 1.807) is 6.92 Å². The molecule has 1 aliphatic heterocycles. The van der Waals surface area contributed by atoms with Crippen LogP contribution in [-0.2, 0) is 17.8 Å². The Labute approximate surface area is 143 Å². The van der Waals surface area contributed by atoms with Gasteiger partial charge in [-0.3, -0.25) is 9.69 Å². The van der Waals surface area contributed by atoms with Gasteiger partial charge in [0.05, 0.1) is 12.0 Å². The summed E-state index contributed by atoms with van der Waals surface area (Å²) >= 11 is 0. The predicted octanol–water partition coefficient (Wildman–Crippen LogP) is 2.05. The van der Waals surface area contributed by atoms with E-state index in [2.05, 4.69) is 17.1 Å². The zero-order valence-corrected chi connectivity index (χ0v) is 15.0. The van der Waals surface area contributed by atoms with Crippen LogP contribution in [0.4, 0.5) is 0 Å². The number of aryl methyl sites for hydroxylation is 2. The number of hydrogen-bond acceptors (Lipinski definition) is 3. The van der Waals surface area contributed by atoms with E-state index in [4.69, 9.17) is 0 Å². The minimum Gasteiger partial charge on any atom is -0.478 e. The maximum atomic E-state index is 12.3. The average Bonchev–Trinajstić information content (AvgIpc) is 2.84. The van der Waals surface area contributed by atoms with Crippen molar-refractivity contribution in [3.8, 4) is 0 Å². The van der Waals surface area contributed by atoms with Crippen molar-refractivity contribution >= 4 is 11.9 Å². The van der Waals surface area contributed by atoms with Crippen molar-refractivity contribution in [3.63, 3.8) is 0 Å². The molecular formula is C18H29N3O3. The van der Waals surface area contributed by atoms with Crippen LogP contribution < -0.4 is 5.32 Å². The number of rotatable bonds is 7. The number of hydrogen-bond donors (Lipinski definition) is 2. The zero-order chi connectivity index (χ0) is 17.7. The fraction of sp³-hybridized carbons (Fsp3) is 0.667. The second kappa shape index (κ2) is 8.33. The zero-order valence-electron chi connectivity index (χ0n) is 15.0. The van der Waals surface area contributed by atoms with Crippen LogP contribution in [0.25, 0.3) is 0 Å². The van der Waals surface area contributed by atoms with Gasteiger partial charge in [-0.05, 0) is 45.7 Å². The van der Waals surface area contributed by atoms with Crippen molar-refractivity contribution in [1.29, 1.82) is 0 Å². The molecule has 0 aromatic carbocycles. The van der Waals surface area contributed by atoms with Crippen molar-refractivity contribution in [3.05, 3.63) is 23.0 Å². The third-order valence-corrected chi connectivity index (χ3v) is 4.92. The number of carbonyl (C=O) groups excluding carboxylic acids is 1. The molecule has 2 N–H and O–H groups in total. The molecule has 0 radical (unpaired) electrons. The van der Waals surface area contributed by atoms with E-state index in [0.717, 1.165) is 13.1 Å². The van der Waals surface area contributed by atoms with Gasteiger partial charge in [-0.15, -0.1) is 0 Å². The topological polar surface area (TPSA) is 74.6 Å². The van der Waals surface area contributed by atoms with E-state index < -0.39 is 5.97 Å². The lowest BCUT2D eigenvalue weighted by atomic mass is 10.0. The van der Waals surface area contributed by atoms with Gasteiger partial charge in [0.15, 0.2) is 0 Å². The molecule has 1 atom stereocenters. The van der Waals surface area contributed by atoms with Crippen LogP contribution >= 0.6 is 0 Å². The van der Waals surface area contributed by atoms with Gasteiger partial charge >= 0.3 is 5.97 Å². The van der Waals surface area contributed by atoms with E-state index in [9.17, 15) is 14.7 Å². The Morgan fingerprint density at radius 3 is 2.75 bits per heavy atom. The fourth-order valence-electron chi connectivity index (χ4n) is 3.55. The molecule has 1 saturated heterocycles. The minimum absolute atomic E-state index is 0.110. The molecule has 2 rings (SSSR count). The number of nitrogens with one attached hydrogen (secondary N) is 1. The summed E-state index contributed by atoms with van der Waals surface area (Å²) in [5.74, 6) is -1.08. The van der Waals surface area contributed by atoms with Gasteiger partial charge < -0.3 is 15.0 Å². The number of likely N-dealkylation sites (tertiary alicyclic amines) is 1. The van der Waals surface area contributed by atoms with E-state index in [0.29, 0.717) is 30.4 Å². The molecule has 0 saturated carbocycles. The Hall–Kier alpha value is -1.82. The normalized spacial score (nSPS) is 18.5. The predicted molar refractivity (Wildman–Crippen MR) is 93.4 cm³/mol. The number of piperidine rings is 1. The maximum absolute atomic E-state index is 12.3. The molecule has 2 heterocycles. The highest BCUT2D eigenvalue weighted by Crippen LogP contribution is 2.18. The molecule has 1 aromatic heterocycles. The second-order valence-corrected chi connectivity index (χ2v) is 6.63. The first-order chi connectivity index (χ1) is 11.4. The molecule has 134 valence electrons. The summed E-state index contributed by atoms with van der Waals surface area (Å²) in [4.78, 5) is 26.1. The van der Waals surface area contributed by atoms with Gasteiger partial charge in [0.2, 0.25) is 5.91 Å². The number of nitrogens with zero attached hydrogens (tertiary/aromatic N) is 2. The summed E-state index contributed by atoms with van der Waals surface area (Å²) in [5, 5.41) is 12.3. The Bertz CT molecular complexity index is 595. The van der Waals surface area contributed by atoms with Crippen LogP contribution in [0.3, 0.4) is 0 Å². The summed E-state index contributed by atoms with van der Waals surface area (Å²) in [6.07, 6.45) is 5.65. The summed E-state index contributed by atoms with van der Waals surface area (Å²) in [6.45, 7) is 9.17. The highest BCUT2D eigenvalue weighted by atomic mass is 16.4. The largest absolute Gasteiger partial charge is 0.478 e. The first kappa shape index (κ1) is 18.5. The minimum atomic E-state index is -0.968. The molecule has 1 amide bonds. The van der Waals surface area contributed by atoms with Crippen molar-refractivity contribution in [2.75, 3.05) is 19.6 Å². The third-order valence-electron chi connectivity index (χ3n) is 4.92. The maximum Gasteiger partial charge on any atom is 0.337 e. The van der Waals surface area contributed by atoms with Crippen molar-refractivity contribution < 1.29 is 14.7 Å². The van der Waals surface area contributed by atoms with E-state index >= 15 is 0 Å². The molecule has 0 aliphatic carbocycles. The van der Waals surface area contributed by atoms with Gasteiger partial charge in [-0.25, -0.2) is 4.79 Å². The van der Waals surface area contributed by atoms with Gasteiger partial charge in [-0.2, -0.15) is 0 Å². The standard InChI is InChI=1S/C18H29N3O3/c1-4-20-12-13(2)17(18(23)24)15(20)11-16(22)19-8-10-21-9-6-5-7-14(21)3/h12,14H,4-11H2,1-3H3,(H,19,22)(H,23,24). The van der Waals surface area contributed by atoms with E-state index in [1.807, 2.05) is 17.7 Å². The molecule has 6 nitrogen and oxygen atoms in total. The van der Waals surface area contributed by atoms with E-state index in [1.165, 1.54) is 19.3 Å². The molecular weight excluding hydrogens is 306 g/mol. The Morgan fingerprint density at radius 1 is 1.38 bits per heavy atom. The summed E-state index contributed by atoms with van der Waals surface area (Å²) in [7, 11) is 0. The second-order valence-electron chi connectivity index (χ2n) is 6.63. The van der Waals surface area contributed by atoms with E-state index in [-0.39, 0.29) is 17.9 Å². The number of amides is 1. The van der Waals surface area contributed by atoms with Crippen LogP contribution in [0.2, 0.25) is 0 Å². The first-order valence-electron chi connectivity index (χ1n) is 8.86. The summed E-state index contributed by atoms with van der Waals surface area (Å²) in [6, 6.07) is 0.578. The quantitative estimate of drug-likeness (QED) is 0.800. The number of aromatic carboxylic acids is 1. The summed E-state index contributed by atoms with van der Waals surface area (Å²) < 4.78 is 1.85. The Morgan fingerprint density at radius 2 is 2.12 bits per heavy atom. The lowest BCUT2D eigenvalue weighted by molar-refractivity contribution is -0.120. The Balaban J connectivity index is 1.91. The van der Waals surface area contributed by atoms with Gasteiger partial charge in [-0.1, -0.05) is 6.42 Å². The number of carbonyl (C=O) groups is 2. The van der Waals surface area contributed by atoms with Crippen LogP contribution in [0, 0.1) is 6.92 Å². The highest BCUT2D eigenvalue weighted by molar-refractivity contribution is 5.93. The van der Waals surface area contributed by atoms with Crippen LogP contribution in [-0.4, -0.2) is 52.1 Å². The molecule has 1 aromatic rings. The number of carboxylic acids is 1. The van der Waals surface area contributed by atoms with Crippen LogP contribution in [0.5, 0.6) is 0 Å². The molecule has 1 unspecified atom stereocenters. The van der Waals surface area contributed by atoms with Gasteiger partial charge in [0.1, 0.15) is 0 Å². The van der Waals surface area contributed by atoms with Crippen LogP contribution in [0.15, 0.2) is 6.20 Å². The highest BCUT2D eigenvalue weighted by Gasteiger charge is 2.21. The third kappa shape index (κ3) is 4.38. The smallest absolute Gasteiger partial charge is 0.337 e. The molecule has 1 aliphatic rings. The molecule has 6 heteroatoms. The van der Waals surface area contributed by atoms with Crippen molar-refractivity contribution in [2.45, 2.75) is 59.0 Å². The average molecular weight is 335 g/mol. The molecule has 1 fully saturated rings. The van der Waals surface area contributed by atoms with Crippen LogP contribution in [0.1, 0.15) is 54.7 Å². The summed E-state index contributed by atoms with van der Waals surface area (Å²) in [5.41, 5.74) is 1.55. The monoisotopic (exact) mass is 335 g/mol. The molecule has 0 spiro atoms. The molecule has 24 heavy (non-hydrogen) atoms. The van der Waals surface area contributed by atoms with Gasteiger partial charge in [0.25, 0.3) is 0 Å². The lowest BCUT2D eigenvalue weighted by Gasteiger charge is -2.33. The van der Waals surface area contributed by atoms with Gasteiger partial charge in [0, 0.05) is 37.6 Å². The molecule has 0 bridgehead atoms. The van der Waals surface area contributed by atoms with Crippen molar-refractivity contribution in [1.82, 2.24) is 14.8 Å².